The molecule has 1 saturated heterocycles. The fourth-order valence-electron chi connectivity index (χ4n) is 3.05. The molecule has 108 valence electrons. The van der Waals surface area contributed by atoms with Crippen LogP contribution in [-0.2, 0) is 4.79 Å². The standard InChI is InChI=1S/C14H15N5O2/c1-18-11-10(19-6-5-15-7-9(19)14(18)21)8-3-2-4-16-12(8)17-13(11)20/h2-4,9,15H,5-7H2,1H3,(H,16,17,20)/i1D3. The molecule has 1 fully saturated rings. The van der Waals surface area contributed by atoms with Crippen molar-refractivity contribution in [3.05, 3.63) is 28.7 Å². The molecule has 1 atom stereocenters. The quantitative estimate of drug-likeness (QED) is 0.694. The Kier molecular flexibility index (Phi) is 1.94. The number of hydrogen-bond acceptors (Lipinski definition) is 5. The van der Waals surface area contributed by atoms with Crippen LogP contribution in [0.4, 0.5) is 11.4 Å². The molecule has 0 saturated carbocycles. The summed E-state index contributed by atoms with van der Waals surface area (Å²) in [4.78, 5) is 34.6. The molecular formula is C14H15N5O2. The molecule has 0 spiro atoms. The van der Waals surface area contributed by atoms with Gasteiger partial charge in [-0.1, -0.05) is 0 Å². The minimum Gasteiger partial charge on any atom is -0.355 e. The van der Waals surface area contributed by atoms with Crippen LogP contribution in [0.2, 0.25) is 0 Å². The Morgan fingerprint density at radius 2 is 2.33 bits per heavy atom. The van der Waals surface area contributed by atoms with Crippen molar-refractivity contribution in [1.29, 1.82) is 0 Å². The molecule has 1 amide bonds. The summed E-state index contributed by atoms with van der Waals surface area (Å²) in [7, 11) is 0. The summed E-state index contributed by atoms with van der Waals surface area (Å²) in [6, 6.07) is 2.83. The van der Waals surface area contributed by atoms with E-state index in [0.717, 1.165) is 0 Å². The van der Waals surface area contributed by atoms with Crippen molar-refractivity contribution in [1.82, 2.24) is 15.3 Å². The number of carbonyl (C=O) groups is 1. The zero-order valence-electron chi connectivity index (χ0n) is 14.1. The number of aromatic amines is 1. The lowest BCUT2D eigenvalue weighted by Gasteiger charge is -2.44. The maximum atomic E-state index is 12.8. The Morgan fingerprint density at radius 1 is 1.43 bits per heavy atom. The van der Waals surface area contributed by atoms with Crippen molar-refractivity contribution in [2.45, 2.75) is 6.04 Å². The lowest BCUT2D eigenvalue weighted by Crippen LogP contribution is -2.62. The summed E-state index contributed by atoms with van der Waals surface area (Å²) >= 11 is 0. The highest BCUT2D eigenvalue weighted by molar-refractivity contribution is 6.10. The van der Waals surface area contributed by atoms with Gasteiger partial charge in [0.25, 0.3) is 11.5 Å². The summed E-state index contributed by atoms with van der Waals surface area (Å²) < 4.78 is 23.2. The molecule has 1 unspecified atom stereocenters. The van der Waals surface area contributed by atoms with Gasteiger partial charge in [0.15, 0.2) is 0 Å². The second kappa shape index (κ2) is 4.29. The second-order valence-corrected chi connectivity index (χ2v) is 5.14. The molecule has 0 radical (unpaired) electrons. The van der Waals surface area contributed by atoms with Crippen molar-refractivity contribution in [3.8, 4) is 0 Å². The molecule has 7 heteroatoms. The molecule has 7 nitrogen and oxygen atoms in total. The zero-order valence-corrected chi connectivity index (χ0v) is 11.1. The van der Waals surface area contributed by atoms with Gasteiger partial charge < -0.3 is 20.1 Å². The third-order valence-corrected chi connectivity index (χ3v) is 3.99. The van der Waals surface area contributed by atoms with Gasteiger partial charge in [0.05, 0.1) is 5.69 Å². The molecule has 2 aromatic heterocycles. The topological polar surface area (TPSA) is 81.3 Å². The summed E-state index contributed by atoms with van der Waals surface area (Å²) in [6.45, 7) is -1.26. The average molecular weight is 288 g/mol. The smallest absolute Gasteiger partial charge is 0.275 e. The molecule has 21 heavy (non-hydrogen) atoms. The number of nitrogens with zero attached hydrogens (tertiary/aromatic N) is 3. The molecule has 4 heterocycles. The number of piperazine rings is 1. The highest BCUT2D eigenvalue weighted by atomic mass is 16.2. The Balaban J connectivity index is 2.10. The number of hydrogen-bond donors (Lipinski definition) is 2. The number of rotatable bonds is 0. The zero-order chi connectivity index (χ0) is 17.1. The van der Waals surface area contributed by atoms with E-state index in [0.29, 0.717) is 41.3 Å². The number of likely N-dealkylation sites (N-methyl/N-ethyl adjacent to an activating group) is 1. The van der Waals surface area contributed by atoms with Gasteiger partial charge in [0.2, 0.25) is 0 Å². The molecule has 0 aromatic carbocycles. The van der Waals surface area contributed by atoms with E-state index in [9.17, 15) is 9.59 Å². The molecule has 4 rings (SSSR count). The van der Waals surface area contributed by atoms with E-state index < -0.39 is 24.5 Å². The van der Waals surface area contributed by atoms with Crippen molar-refractivity contribution >= 4 is 28.3 Å². The number of fused-ring (bicyclic) bond motifs is 5. The number of nitrogens with one attached hydrogen (secondary N) is 2. The van der Waals surface area contributed by atoms with Crippen LogP contribution < -0.4 is 20.7 Å². The minimum absolute atomic E-state index is 0.126. The van der Waals surface area contributed by atoms with Crippen LogP contribution in [0.3, 0.4) is 0 Å². The van der Waals surface area contributed by atoms with Crippen molar-refractivity contribution in [2.24, 2.45) is 0 Å². The van der Waals surface area contributed by atoms with Gasteiger partial charge in [0.1, 0.15) is 17.4 Å². The number of amides is 1. The third-order valence-electron chi connectivity index (χ3n) is 3.99. The Hall–Kier alpha value is -2.41. The largest absolute Gasteiger partial charge is 0.355 e. The number of carbonyl (C=O) groups excluding carboxylic acids is 1. The van der Waals surface area contributed by atoms with Crippen LogP contribution in [-0.4, -0.2) is 48.5 Å². The molecule has 2 aliphatic rings. The van der Waals surface area contributed by atoms with Crippen LogP contribution in [0.25, 0.3) is 11.0 Å². The highest BCUT2D eigenvalue weighted by Gasteiger charge is 2.40. The summed E-state index contributed by atoms with van der Waals surface area (Å²) in [6.07, 6.45) is 1.55. The lowest BCUT2D eigenvalue weighted by molar-refractivity contribution is -0.120. The van der Waals surface area contributed by atoms with Gasteiger partial charge in [-0.25, -0.2) is 4.98 Å². The highest BCUT2D eigenvalue weighted by Crippen LogP contribution is 2.37. The number of aromatic nitrogens is 2. The van der Waals surface area contributed by atoms with Crippen molar-refractivity contribution in [3.63, 3.8) is 0 Å². The van der Waals surface area contributed by atoms with E-state index in [-0.39, 0.29) is 5.69 Å². The normalized spacial score (nSPS) is 24.1. The van der Waals surface area contributed by atoms with E-state index in [1.165, 1.54) is 0 Å². The molecule has 2 aromatic rings. The Bertz CT molecular complexity index is 894. The summed E-state index contributed by atoms with van der Waals surface area (Å²) in [5, 5.41) is 3.73. The van der Waals surface area contributed by atoms with Crippen LogP contribution >= 0.6 is 0 Å². The average Bonchev–Trinajstić information content (AvgIpc) is 2.54. The first-order chi connectivity index (χ1) is 11.4. The number of pyridine rings is 2. The minimum atomic E-state index is -2.74. The predicted molar refractivity (Wildman–Crippen MR) is 79.8 cm³/mol. The molecule has 0 bridgehead atoms. The number of anilines is 2. The SMILES string of the molecule is [2H]C([2H])([2H])N1C(=O)C2CNCCN2c2c1c(=O)[nH]c1ncccc21. The first-order valence-electron chi connectivity index (χ1n) is 8.22. The van der Waals surface area contributed by atoms with Crippen LogP contribution in [0.1, 0.15) is 4.11 Å². The van der Waals surface area contributed by atoms with Gasteiger partial charge in [-0.2, -0.15) is 0 Å². The van der Waals surface area contributed by atoms with E-state index in [4.69, 9.17) is 4.11 Å². The predicted octanol–water partition coefficient (Wildman–Crippen LogP) is -0.322. The first-order valence-corrected chi connectivity index (χ1v) is 6.72. The monoisotopic (exact) mass is 288 g/mol. The molecule has 2 N–H and O–H groups in total. The Labute approximate surface area is 124 Å². The van der Waals surface area contributed by atoms with Crippen LogP contribution in [0.5, 0.6) is 0 Å². The Morgan fingerprint density at radius 3 is 3.19 bits per heavy atom. The second-order valence-electron chi connectivity index (χ2n) is 5.14. The van der Waals surface area contributed by atoms with Crippen LogP contribution in [0, 0.1) is 0 Å². The van der Waals surface area contributed by atoms with Crippen LogP contribution in [0.15, 0.2) is 23.1 Å². The van der Waals surface area contributed by atoms with Gasteiger partial charge in [-0.05, 0) is 12.1 Å². The van der Waals surface area contributed by atoms with E-state index in [1.807, 2.05) is 4.90 Å². The summed E-state index contributed by atoms with van der Waals surface area (Å²) in [5.41, 5.74) is 0.0822. The van der Waals surface area contributed by atoms with Gasteiger partial charge in [-0.15, -0.1) is 0 Å². The van der Waals surface area contributed by atoms with Crippen molar-refractivity contribution in [2.75, 3.05) is 36.4 Å². The van der Waals surface area contributed by atoms with Crippen molar-refractivity contribution < 1.29 is 8.91 Å². The summed E-state index contributed by atoms with van der Waals surface area (Å²) in [5.74, 6) is -0.594. The number of H-pyrrole nitrogens is 1. The lowest BCUT2D eigenvalue weighted by atomic mass is 10.0. The first kappa shape index (κ1) is 9.51. The van der Waals surface area contributed by atoms with Gasteiger partial charge in [0, 0.05) is 42.3 Å². The molecule has 0 aliphatic carbocycles. The third kappa shape index (κ3) is 1.61. The van der Waals surface area contributed by atoms with E-state index in [1.54, 1.807) is 18.3 Å². The maximum absolute atomic E-state index is 12.8. The molecular weight excluding hydrogens is 270 g/mol. The fourth-order valence-corrected chi connectivity index (χ4v) is 3.05. The van der Waals surface area contributed by atoms with E-state index >= 15 is 0 Å². The fraction of sp³-hybridized carbons (Fsp3) is 0.357. The van der Waals surface area contributed by atoms with E-state index in [2.05, 4.69) is 15.3 Å². The van der Waals surface area contributed by atoms with Gasteiger partial charge in [-0.3, -0.25) is 9.59 Å². The van der Waals surface area contributed by atoms with Gasteiger partial charge >= 0.3 is 0 Å². The molecule has 2 aliphatic heterocycles. The maximum Gasteiger partial charge on any atom is 0.275 e.